The highest BCUT2D eigenvalue weighted by Crippen LogP contribution is 2.66. The van der Waals surface area contributed by atoms with Gasteiger partial charge in [0.2, 0.25) is 0 Å². The van der Waals surface area contributed by atoms with Gasteiger partial charge in [-0.2, -0.15) is 0 Å². The van der Waals surface area contributed by atoms with Gasteiger partial charge in [-0.1, -0.05) is 79.3 Å². The van der Waals surface area contributed by atoms with E-state index >= 15 is 0 Å². The number of rotatable bonds is 2. The summed E-state index contributed by atoms with van der Waals surface area (Å²) in [4.78, 5) is 0. The standard InChI is InChI=1S/C32H28F2/c1-3-24-29(20-7-5-4-6-8-20)31-27-17-22(33)13-15-25(27)26-16-14-23(34)18-28(26)32(31)30(24)21-11-9-19(2)10-12-21/h3-9,11-19,29-32H,10H2,1-2H3/b24-3-. The van der Waals surface area contributed by atoms with Gasteiger partial charge < -0.3 is 0 Å². The molecule has 170 valence electrons. The Morgan fingerprint density at radius 1 is 0.794 bits per heavy atom. The molecule has 3 aliphatic carbocycles. The minimum atomic E-state index is -0.217. The summed E-state index contributed by atoms with van der Waals surface area (Å²) in [7, 11) is 0. The number of hydrogen-bond acceptors (Lipinski definition) is 0. The number of hydrogen-bond donors (Lipinski definition) is 0. The zero-order valence-corrected chi connectivity index (χ0v) is 19.5. The third-order valence-electron chi connectivity index (χ3n) is 8.05. The normalized spacial score (nSPS) is 28.3. The first kappa shape index (κ1) is 21.3. The van der Waals surface area contributed by atoms with Crippen LogP contribution < -0.4 is 0 Å². The molecule has 2 heteroatoms. The fraction of sp³-hybridized carbons (Fsp3) is 0.250. The summed E-state index contributed by atoms with van der Waals surface area (Å²) < 4.78 is 29.4. The summed E-state index contributed by atoms with van der Waals surface area (Å²) in [6.07, 6.45) is 10.2. The average Bonchev–Trinajstić information content (AvgIpc) is 3.21. The van der Waals surface area contributed by atoms with Crippen molar-refractivity contribution in [3.8, 4) is 11.1 Å². The van der Waals surface area contributed by atoms with Crippen LogP contribution in [-0.2, 0) is 0 Å². The molecule has 3 aliphatic rings. The van der Waals surface area contributed by atoms with Crippen LogP contribution in [0.4, 0.5) is 8.78 Å². The van der Waals surface area contributed by atoms with E-state index in [1.807, 2.05) is 18.2 Å². The van der Waals surface area contributed by atoms with E-state index in [1.54, 1.807) is 12.1 Å². The Morgan fingerprint density at radius 3 is 1.97 bits per heavy atom. The van der Waals surface area contributed by atoms with Crippen LogP contribution in [0.2, 0.25) is 0 Å². The molecule has 1 saturated carbocycles. The van der Waals surface area contributed by atoms with E-state index in [-0.39, 0.29) is 35.3 Å². The van der Waals surface area contributed by atoms with E-state index in [9.17, 15) is 8.78 Å². The molecule has 0 radical (unpaired) electrons. The summed E-state index contributed by atoms with van der Waals surface area (Å²) in [5.74, 6) is 0.395. The Kier molecular flexibility index (Phi) is 5.13. The minimum Gasteiger partial charge on any atom is -0.207 e. The zero-order chi connectivity index (χ0) is 23.4. The maximum Gasteiger partial charge on any atom is 0.123 e. The Balaban J connectivity index is 1.66. The Bertz CT molecular complexity index is 1340. The van der Waals surface area contributed by atoms with Crippen molar-refractivity contribution in [2.24, 2.45) is 11.8 Å². The lowest BCUT2D eigenvalue weighted by Gasteiger charge is -2.36. The van der Waals surface area contributed by atoms with Gasteiger partial charge in [-0.25, -0.2) is 8.78 Å². The molecule has 1 fully saturated rings. The molecule has 0 bridgehead atoms. The van der Waals surface area contributed by atoms with Gasteiger partial charge in [0.1, 0.15) is 11.6 Å². The van der Waals surface area contributed by atoms with E-state index in [0.717, 1.165) is 28.7 Å². The van der Waals surface area contributed by atoms with Crippen LogP contribution in [0.5, 0.6) is 0 Å². The predicted molar refractivity (Wildman–Crippen MR) is 135 cm³/mol. The molecule has 0 aromatic heterocycles. The second-order valence-corrected chi connectivity index (χ2v) is 9.95. The molecule has 5 atom stereocenters. The molecule has 34 heavy (non-hydrogen) atoms. The maximum absolute atomic E-state index is 14.7. The van der Waals surface area contributed by atoms with Crippen LogP contribution >= 0.6 is 0 Å². The monoisotopic (exact) mass is 450 g/mol. The van der Waals surface area contributed by atoms with Gasteiger partial charge in [-0.3, -0.25) is 0 Å². The van der Waals surface area contributed by atoms with Crippen LogP contribution in [0.3, 0.4) is 0 Å². The van der Waals surface area contributed by atoms with Crippen LogP contribution in [-0.4, -0.2) is 0 Å². The summed E-state index contributed by atoms with van der Waals surface area (Å²) >= 11 is 0. The number of fused-ring (bicyclic) bond motifs is 6. The minimum absolute atomic E-state index is 0.0345. The molecule has 0 N–H and O–H groups in total. The zero-order valence-electron chi connectivity index (χ0n) is 19.5. The molecular weight excluding hydrogens is 422 g/mol. The van der Waals surface area contributed by atoms with Gasteiger partial charge in [-0.15, -0.1) is 0 Å². The van der Waals surface area contributed by atoms with Crippen LogP contribution in [0.15, 0.2) is 102 Å². The SMILES string of the molecule is C/C=C1\C(C2=CCC(C)C=C2)C2c3cc(F)ccc3-c3ccc(F)cc3C2C1c1ccccc1. The van der Waals surface area contributed by atoms with Gasteiger partial charge in [-0.05, 0) is 76.9 Å². The van der Waals surface area contributed by atoms with Gasteiger partial charge in [0.05, 0.1) is 0 Å². The van der Waals surface area contributed by atoms with Crippen molar-refractivity contribution in [2.45, 2.75) is 38.0 Å². The van der Waals surface area contributed by atoms with Crippen LogP contribution in [0, 0.1) is 23.5 Å². The average molecular weight is 451 g/mol. The topological polar surface area (TPSA) is 0 Å². The summed E-state index contributed by atoms with van der Waals surface area (Å²) in [6, 6.07) is 20.8. The summed E-state index contributed by atoms with van der Waals surface area (Å²) in [6.45, 7) is 4.35. The first-order chi connectivity index (χ1) is 16.6. The summed E-state index contributed by atoms with van der Waals surface area (Å²) in [5, 5.41) is 0. The first-order valence-corrected chi connectivity index (χ1v) is 12.3. The molecule has 0 nitrogen and oxygen atoms in total. The fourth-order valence-corrected chi connectivity index (χ4v) is 6.67. The molecular formula is C32H28F2. The van der Waals surface area contributed by atoms with Crippen LogP contribution in [0.25, 0.3) is 11.1 Å². The lowest BCUT2D eigenvalue weighted by molar-refractivity contribution is 0.514. The second-order valence-electron chi connectivity index (χ2n) is 9.95. The van der Waals surface area contributed by atoms with Gasteiger partial charge in [0.15, 0.2) is 0 Å². The van der Waals surface area contributed by atoms with Gasteiger partial charge in [0.25, 0.3) is 0 Å². The highest BCUT2D eigenvalue weighted by Gasteiger charge is 2.52. The van der Waals surface area contributed by atoms with E-state index in [4.69, 9.17) is 0 Å². The second kappa shape index (κ2) is 8.20. The van der Waals surface area contributed by atoms with Crippen molar-refractivity contribution in [1.82, 2.24) is 0 Å². The van der Waals surface area contributed by atoms with Gasteiger partial charge >= 0.3 is 0 Å². The lowest BCUT2D eigenvalue weighted by atomic mass is 9.67. The molecule has 0 amide bonds. The quantitative estimate of drug-likeness (QED) is 0.343. The highest BCUT2D eigenvalue weighted by atomic mass is 19.1. The van der Waals surface area contributed by atoms with E-state index in [0.29, 0.717) is 5.92 Å². The summed E-state index contributed by atoms with van der Waals surface area (Å²) in [5.41, 5.74) is 8.01. The Hall–Kier alpha value is -3.26. The third kappa shape index (κ3) is 3.23. The molecule has 0 spiro atoms. The molecule has 0 saturated heterocycles. The molecule has 0 heterocycles. The molecule has 5 unspecified atom stereocenters. The predicted octanol–water partition coefficient (Wildman–Crippen LogP) is 8.69. The Morgan fingerprint density at radius 2 is 1.41 bits per heavy atom. The van der Waals surface area contributed by atoms with Crippen molar-refractivity contribution in [2.75, 3.05) is 0 Å². The fourth-order valence-electron chi connectivity index (χ4n) is 6.67. The smallest absolute Gasteiger partial charge is 0.123 e. The largest absolute Gasteiger partial charge is 0.207 e. The molecule has 3 aromatic rings. The number of benzene rings is 3. The van der Waals surface area contributed by atoms with E-state index in [1.165, 1.54) is 28.8 Å². The molecule has 6 rings (SSSR count). The molecule has 0 aliphatic heterocycles. The van der Waals surface area contributed by atoms with E-state index in [2.05, 4.69) is 62.4 Å². The number of allylic oxidation sites excluding steroid dienone is 6. The van der Waals surface area contributed by atoms with Crippen molar-refractivity contribution < 1.29 is 8.78 Å². The number of halogens is 2. The molecule has 3 aromatic carbocycles. The van der Waals surface area contributed by atoms with Crippen molar-refractivity contribution in [3.63, 3.8) is 0 Å². The third-order valence-corrected chi connectivity index (χ3v) is 8.05. The van der Waals surface area contributed by atoms with Crippen molar-refractivity contribution >= 4 is 0 Å². The van der Waals surface area contributed by atoms with Gasteiger partial charge in [0, 0.05) is 23.7 Å². The van der Waals surface area contributed by atoms with Crippen molar-refractivity contribution in [3.05, 3.63) is 131 Å². The van der Waals surface area contributed by atoms with Crippen LogP contribution in [0.1, 0.15) is 54.7 Å². The maximum atomic E-state index is 14.7. The lowest BCUT2D eigenvalue weighted by Crippen LogP contribution is -2.21. The van der Waals surface area contributed by atoms with Crippen molar-refractivity contribution in [1.29, 1.82) is 0 Å². The van der Waals surface area contributed by atoms with E-state index < -0.39 is 0 Å². The highest BCUT2D eigenvalue weighted by molar-refractivity contribution is 5.77. The first-order valence-electron chi connectivity index (χ1n) is 12.3. The Labute approximate surface area is 200 Å².